The Morgan fingerprint density at radius 1 is 1.42 bits per heavy atom. The maximum absolute atomic E-state index is 7.70. The highest BCUT2D eigenvalue weighted by molar-refractivity contribution is 5.99. The summed E-state index contributed by atoms with van der Waals surface area (Å²) < 4.78 is 0. The van der Waals surface area contributed by atoms with Gasteiger partial charge in [-0.15, -0.1) is 0 Å². The first-order chi connectivity index (χ1) is 8.90. The second-order valence-electron chi connectivity index (χ2n) is 5.65. The Bertz CT molecular complexity index is 483. The second-order valence-corrected chi connectivity index (χ2v) is 5.65. The van der Waals surface area contributed by atoms with Gasteiger partial charge in [0.1, 0.15) is 11.7 Å². The lowest BCUT2D eigenvalue weighted by atomic mass is 10.1. The lowest BCUT2D eigenvalue weighted by Gasteiger charge is -2.23. The molecule has 2 atom stereocenters. The van der Waals surface area contributed by atoms with Crippen molar-refractivity contribution in [2.75, 3.05) is 32.1 Å². The summed E-state index contributed by atoms with van der Waals surface area (Å²) in [5.74, 6) is 1.52. The molecule has 104 valence electrons. The topological polar surface area (TPSA) is 69.2 Å². The lowest BCUT2D eigenvalue weighted by Crippen LogP contribution is -2.34. The Morgan fingerprint density at radius 2 is 2.11 bits per heavy atom. The lowest BCUT2D eigenvalue weighted by molar-refractivity contribution is 0.266. The molecule has 0 aliphatic carbocycles. The van der Waals surface area contributed by atoms with Gasteiger partial charge in [0.25, 0.3) is 0 Å². The number of aryl methyl sites for hydroxylation is 1. The zero-order valence-electron chi connectivity index (χ0n) is 12.1. The molecule has 1 aromatic rings. The van der Waals surface area contributed by atoms with E-state index < -0.39 is 0 Å². The highest BCUT2D eigenvalue weighted by atomic mass is 15.3. The number of hydrogen-bond acceptors (Lipinski definition) is 4. The summed E-state index contributed by atoms with van der Waals surface area (Å²) in [5.41, 5.74) is 7.36. The van der Waals surface area contributed by atoms with E-state index in [1.807, 2.05) is 19.1 Å². The number of nitrogens with one attached hydrogen (secondary N) is 1. The van der Waals surface area contributed by atoms with Gasteiger partial charge in [-0.1, -0.05) is 6.92 Å². The Balaban J connectivity index is 2.33. The van der Waals surface area contributed by atoms with Crippen LogP contribution in [0.1, 0.15) is 18.2 Å². The standard InChI is InChI=1S/C14H23N5/c1-9-7-19(8-12(9)18(3)4)14-11(13(15)16)6-5-10(2)17-14/h5-6,9,12H,7-8H2,1-4H3,(H3,15,16). The van der Waals surface area contributed by atoms with Crippen molar-refractivity contribution in [3.05, 3.63) is 23.4 Å². The number of anilines is 1. The molecule has 0 amide bonds. The molecule has 0 radical (unpaired) electrons. The summed E-state index contributed by atoms with van der Waals surface area (Å²) >= 11 is 0. The number of nitrogens with two attached hydrogens (primary N) is 1. The molecule has 2 rings (SSSR count). The number of amidine groups is 1. The van der Waals surface area contributed by atoms with E-state index in [1.54, 1.807) is 0 Å². The molecule has 1 aliphatic rings. The van der Waals surface area contributed by atoms with Gasteiger partial charge >= 0.3 is 0 Å². The average Bonchev–Trinajstić information content (AvgIpc) is 2.70. The van der Waals surface area contributed by atoms with Gasteiger partial charge in [-0.2, -0.15) is 0 Å². The van der Waals surface area contributed by atoms with Crippen molar-refractivity contribution in [3.8, 4) is 0 Å². The normalized spacial score (nSPS) is 23.1. The van der Waals surface area contributed by atoms with E-state index in [2.05, 4.69) is 35.8 Å². The van der Waals surface area contributed by atoms with Crippen LogP contribution in [0, 0.1) is 18.3 Å². The molecule has 0 saturated carbocycles. The van der Waals surface area contributed by atoms with Crippen LogP contribution in [0.15, 0.2) is 12.1 Å². The molecule has 19 heavy (non-hydrogen) atoms. The third-order valence-corrected chi connectivity index (χ3v) is 3.84. The Morgan fingerprint density at radius 3 is 2.63 bits per heavy atom. The highest BCUT2D eigenvalue weighted by Crippen LogP contribution is 2.27. The molecular formula is C14H23N5. The molecule has 2 heterocycles. The highest BCUT2D eigenvalue weighted by Gasteiger charge is 2.32. The average molecular weight is 261 g/mol. The Labute approximate surface area is 114 Å². The van der Waals surface area contributed by atoms with Crippen LogP contribution in [0.5, 0.6) is 0 Å². The molecule has 0 aromatic carbocycles. The van der Waals surface area contributed by atoms with E-state index in [0.717, 1.165) is 30.2 Å². The molecule has 3 N–H and O–H groups in total. The van der Waals surface area contributed by atoms with Crippen molar-refractivity contribution in [3.63, 3.8) is 0 Å². The van der Waals surface area contributed by atoms with Crippen LogP contribution in [0.25, 0.3) is 0 Å². The molecule has 5 nitrogen and oxygen atoms in total. The smallest absolute Gasteiger partial charge is 0.139 e. The quantitative estimate of drug-likeness (QED) is 0.630. The van der Waals surface area contributed by atoms with Crippen molar-refractivity contribution < 1.29 is 0 Å². The van der Waals surface area contributed by atoms with Gasteiger partial charge < -0.3 is 15.5 Å². The van der Waals surface area contributed by atoms with E-state index >= 15 is 0 Å². The van der Waals surface area contributed by atoms with Gasteiger partial charge in [0.05, 0.1) is 5.56 Å². The van der Waals surface area contributed by atoms with Crippen molar-refractivity contribution >= 4 is 11.7 Å². The van der Waals surface area contributed by atoms with Crippen LogP contribution < -0.4 is 10.6 Å². The monoisotopic (exact) mass is 261 g/mol. The Kier molecular flexibility index (Phi) is 3.75. The number of nitrogens with zero attached hydrogens (tertiary/aromatic N) is 3. The summed E-state index contributed by atoms with van der Waals surface area (Å²) in [6.07, 6.45) is 0. The minimum absolute atomic E-state index is 0.0865. The fraction of sp³-hybridized carbons (Fsp3) is 0.571. The van der Waals surface area contributed by atoms with Gasteiger partial charge in [-0.25, -0.2) is 4.98 Å². The van der Waals surface area contributed by atoms with Crippen LogP contribution in [0.2, 0.25) is 0 Å². The number of pyridine rings is 1. The van der Waals surface area contributed by atoms with Crippen molar-refractivity contribution in [1.82, 2.24) is 9.88 Å². The fourth-order valence-corrected chi connectivity index (χ4v) is 2.79. The zero-order chi connectivity index (χ0) is 14.2. The predicted octanol–water partition coefficient (Wildman–Crippen LogP) is 1.06. The van der Waals surface area contributed by atoms with Crippen LogP contribution in [-0.4, -0.2) is 48.9 Å². The molecule has 1 aromatic heterocycles. The minimum Gasteiger partial charge on any atom is -0.384 e. The summed E-state index contributed by atoms with van der Waals surface area (Å²) in [7, 11) is 4.22. The van der Waals surface area contributed by atoms with Gasteiger partial charge in [-0.05, 0) is 39.1 Å². The van der Waals surface area contributed by atoms with Gasteiger partial charge in [-0.3, -0.25) is 5.41 Å². The van der Waals surface area contributed by atoms with E-state index in [1.165, 1.54) is 0 Å². The van der Waals surface area contributed by atoms with Gasteiger partial charge in [0.2, 0.25) is 0 Å². The number of rotatable bonds is 3. The second kappa shape index (κ2) is 5.17. The van der Waals surface area contributed by atoms with E-state index in [-0.39, 0.29) is 5.84 Å². The van der Waals surface area contributed by atoms with E-state index in [0.29, 0.717) is 12.0 Å². The molecule has 0 spiro atoms. The summed E-state index contributed by atoms with van der Waals surface area (Å²) in [6, 6.07) is 4.32. The molecule has 1 aliphatic heterocycles. The van der Waals surface area contributed by atoms with Crippen molar-refractivity contribution in [1.29, 1.82) is 5.41 Å². The van der Waals surface area contributed by atoms with E-state index in [4.69, 9.17) is 11.1 Å². The van der Waals surface area contributed by atoms with Crippen LogP contribution in [0.4, 0.5) is 5.82 Å². The van der Waals surface area contributed by atoms with E-state index in [9.17, 15) is 0 Å². The number of nitrogen functional groups attached to an aromatic ring is 1. The minimum atomic E-state index is 0.0865. The molecule has 1 fully saturated rings. The largest absolute Gasteiger partial charge is 0.384 e. The van der Waals surface area contributed by atoms with Gasteiger partial charge in [0, 0.05) is 24.8 Å². The van der Waals surface area contributed by atoms with Crippen LogP contribution >= 0.6 is 0 Å². The number of likely N-dealkylation sites (N-methyl/N-ethyl adjacent to an activating group) is 1. The summed E-state index contributed by atoms with van der Waals surface area (Å²) in [4.78, 5) is 9.10. The Hall–Kier alpha value is -1.62. The number of hydrogen-bond donors (Lipinski definition) is 2. The molecule has 1 saturated heterocycles. The van der Waals surface area contributed by atoms with Gasteiger partial charge in [0.15, 0.2) is 0 Å². The molecule has 5 heteroatoms. The van der Waals surface area contributed by atoms with Crippen molar-refractivity contribution in [2.45, 2.75) is 19.9 Å². The SMILES string of the molecule is Cc1ccc(C(=N)N)c(N2CC(C)C(N(C)C)C2)n1. The molecule has 0 bridgehead atoms. The summed E-state index contributed by atoms with van der Waals surface area (Å²) in [5, 5.41) is 7.70. The first-order valence-electron chi connectivity index (χ1n) is 6.63. The zero-order valence-corrected chi connectivity index (χ0v) is 12.1. The first kappa shape index (κ1) is 13.8. The summed E-state index contributed by atoms with van der Waals surface area (Å²) in [6.45, 7) is 6.12. The van der Waals surface area contributed by atoms with Crippen LogP contribution in [0.3, 0.4) is 0 Å². The number of aromatic nitrogens is 1. The fourth-order valence-electron chi connectivity index (χ4n) is 2.79. The third kappa shape index (κ3) is 2.71. The molecular weight excluding hydrogens is 238 g/mol. The van der Waals surface area contributed by atoms with Crippen molar-refractivity contribution in [2.24, 2.45) is 11.7 Å². The predicted molar refractivity (Wildman–Crippen MR) is 78.8 cm³/mol. The third-order valence-electron chi connectivity index (χ3n) is 3.84. The molecule has 2 unspecified atom stereocenters. The maximum Gasteiger partial charge on any atom is 0.139 e. The first-order valence-corrected chi connectivity index (χ1v) is 6.63. The van der Waals surface area contributed by atoms with Crippen LogP contribution in [-0.2, 0) is 0 Å². The maximum atomic E-state index is 7.70.